The summed E-state index contributed by atoms with van der Waals surface area (Å²) in [6.45, 7) is 4.54. The summed E-state index contributed by atoms with van der Waals surface area (Å²) in [6, 6.07) is 2.51. The second-order valence-corrected chi connectivity index (χ2v) is 5.35. The maximum atomic E-state index is 12.7. The van der Waals surface area contributed by atoms with E-state index in [4.69, 9.17) is 5.11 Å². The van der Waals surface area contributed by atoms with Gasteiger partial charge in [-0.3, -0.25) is 9.59 Å². The number of rotatable bonds is 8. The number of aliphatic carboxylic acids is 1. The zero-order valence-electron chi connectivity index (χ0n) is 12.3. The lowest BCUT2D eigenvalue weighted by Gasteiger charge is -2.20. The maximum absolute atomic E-state index is 12.7. The Morgan fingerprint density at radius 1 is 1.33 bits per heavy atom. The third-order valence-corrected chi connectivity index (χ3v) is 3.46. The van der Waals surface area contributed by atoms with Crippen molar-refractivity contribution in [2.75, 3.05) is 6.54 Å². The van der Waals surface area contributed by atoms with Crippen molar-refractivity contribution in [1.82, 2.24) is 10.3 Å². The summed E-state index contributed by atoms with van der Waals surface area (Å²) in [5.41, 5.74) is 0.308. The standard InChI is InChI=1S/C15H21FN2O3/c1-10(2)11(4-6-14(19)20)7-8-17-15(21)12-3-5-13(16)18-9-12/h3,5,9-11H,4,6-8H2,1-2H3,(H,17,21)(H,19,20). The topological polar surface area (TPSA) is 79.3 Å². The van der Waals surface area contributed by atoms with Crippen LogP contribution >= 0.6 is 0 Å². The van der Waals surface area contributed by atoms with Crippen molar-refractivity contribution in [3.05, 3.63) is 29.8 Å². The van der Waals surface area contributed by atoms with Gasteiger partial charge in [0.25, 0.3) is 5.91 Å². The predicted octanol–water partition coefficient (Wildman–Crippen LogP) is 2.48. The molecule has 0 bridgehead atoms. The molecule has 1 heterocycles. The van der Waals surface area contributed by atoms with Gasteiger partial charge in [-0.25, -0.2) is 4.98 Å². The summed E-state index contributed by atoms with van der Waals surface area (Å²) < 4.78 is 12.7. The highest BCUT2D eigenvalue weighted by Gasteiger charge is 2.15. The molecule has 0 aliphatic carbocycles. The average molecular weight is 296 g/mol. The lowest BCUT2D eigenvalue weighted by molar-refractivity contribution is -0.137. The summed E-state index contributed by atoms with van der Waals surface area (Å²) in [5.74, 6) is -1.13. The lowest BCUT2D eigenvalue weighted by Crippen LogP contribution is -2.27. The van der Waals surface area contributed by atoms with E-state index in [1.54, 1.807) is 0 Å². The zero-order chi connectivity index (χ0) is 15.8. The molecule has 0 spiro atoms. The molecule has 1 aromatic rings. The number of nitrogens with one attached hydrogen (secondary N) is 1. The monoisotopic (exact) mass is 296 g/mol. The summed E-state index contributed by atoms with van der Waals surface area (Å²) in [5, 5.41) is 11.5. The molecule has 1 atom stereocenters. The van der Waals surface area contributed by atoms with Gasteiger partial charge in [-0.05, 0) is 36.8 Å². The maximum Gasteiger partial charge on any atom is 0.303 e. The third kappa shape index (κ3) is 6.33. The summed E-state index contributed by atoms with van der Waals surface area (Å²) in [4.78, 5) is 25.8. The first-order valence-electron chi connectivity index (χ1n) is 7.01. The number of hydrogen-bond donors (Lipinski definition) is 2. The van der Waals surface area contributed by atoms with Crippen molar-refractivity contribution in [3.8, 4) is 0 Å². The van der Waals surface area contributed by atoms with E-state index in [0.29, 0.717) is 30.9 Å². The first-order valence-corrected chi connectivity index (χ1v) is 7.01. The lowest BCUT2D eigenvalue weighted by atomic mass is 9.88. The summed E-state index contributed by atoms with van der Waals surface area (Å²) >= 11 is 0. The number of carboxylic acids is 1. The molecular weight excluding hydrogens is 275 g/mol. The number of halogens is 1. The van der Waals surface area contributed by atoms with Gasteiger partial charge in [0.1, 0.15) is 0 Å². The second-order valence-electron chi connectivity index (χ2n) is 5.35. The fraction of sp³-hybridized carbons (Fsp3) is 0.533. The van der Waals surface area contributed by atoms with Crippen LogP contribution in [0.3, 0.4) is 0 Å². The van der Waals surface area contributed by atoms with Crippen LogP contribution in [0, 0.1) is 17.8 Å². The van der Waals surface area contributed by atoms with Gasteiger partial charge in [0.15, 0.2) is 0 Å². The molecule has 5 nitrogen and oxygen atoms in total. The largest absolute Gasteiger partial charge is 0.481 e. The molecule has 1 aromatic heterocycles. The van der Waals surface area contributed by atoms with E-state index in [1.807, 2.05) is 13.8 Å². The normalized spacial score (nSPS) is 12.2. The van der Waals surface area contributed by atoms with Crippen LogP contribution in [0.2, 0.25) is 0 Å². The molecule has 0 fully saturated rings. The van der Waals surface area contributed by atoms with Gasteiger partial charge < -0.3 is 10.4 Å². The van der Waals surface area contributed by atoms with Gasteiger partial charge in [-0.2, -0.15) is 4.39 Å². The summed E-state index contributed by atoms with van der Waals surface area (Å²) in [7, 11) is 0. The molecule has 1 rings (SSSR count). The number of carboxylic acid groups (broad SMARTS) is 1. The second kappa shape index (κ2) is 8.34. The van der Waals surface area contributed by atoms with E-state index in [2.05, 4.69) is 10.3 Å². The van der Waals surface area contributed by atoms with E-state index < -0.39 is 11.9 Å². The van der Waals surface area contributed by atoms with Crippen LogP contribution in [0.25, 0.3) is 0 Å². The number of pyridine rings is 1. The Bertz CT molecular complexity index is 474. The van der Waals surface area contributed by atoms with Gasteiger partial charge in [0.2, 0.25) is 5.95 Å². The highest BCUT2D eigenvalue weighted by molar-refractivity contribution is 5.93. The molecule has 0 radical (unpaired) electrons. The highest BCUT2D eigenvalue weighted by Crippen LogP contribution is 2.20. The molecular formula is C15H21FN2O3. The van der Waals surface area contributed by atoms with Crippen molar-refractivity contribution >= 4 is 11.9 Å². The number of nitrogens with zero attached hydrogens (tertiary/aromatic N) is 1. The Morgan fingerprint density at radius 3 is 2.57 bits per heavy atom. The van der Waals surface area contributed by atoms with Crippen molar-refractivity contribution in [3.63, 3.8) is 0 Å². The van der Waals surface area contributed by atoms with Crippen molar-refractivity contribution in [1.29, 1.82) is 0 Å². The van der Waals surface area contributed by atoms with E-state index in [-0.39, 0.29) is 18.2 Å². The molecule has 116 valence electrons. The fourth-order valence-electron chi connectivity index (χ4n) is 2.10. The Labute approximate surface area is 123 Å². The van der Waals surface area contributed by atoms with Crippen LogP contribution in [0.5, 0.6) is 0 Å². The average Bonchev–Trinajstić information content (AvgIpc) is 2.42. The minimum atomic E-state index is -0.804. The van der Waals surface area contributed by atoms with Crippen LogP contribution < -0.4 is 5.32 Å². The van der Waals surface area contributed by atoms with Crippen LogP contribution in [0.4, 0.5) is 4.39 Å². The summed E-state index contributed by atoms with van der Waals surface area (Å²) in [6.07, 6.45) is 2.64. The zero-order valence-corrected chi connectivity index (χ0v) is 12.3. The first kappa shape index (κ1) is 17.1. The van der Waals surface area contributed by atoms with E-state index in [9.17, 15) is 14.0 Å². The Kier molecular flexibility index (Phi) is 6.78. The van der Waals surface area contributed by atoms with Gasteiger partial charge >= 0.3 is 5.97 Å². The smallest absolute Gasteiger partial charge is 0.303 e. The highest BCUT2D eigenvalue weighted by atomic mass is 19.1. The Balaban J connectivity index is 2.40. The fourth-order valence-corrected chi connectivity index (χ4v) is 2.10. The van der Waals surface area contributed by atoms with Gasteiger partial charge in [-0.1, -0.05) is 13.8 Å². The number of carbonyl (C=O) groups excluding carboxylic acids is 1. The molecule has 1 unspecified atom stereocenters. The van der Waals surface area contributed by atoms with Crippen LogP contribution in [0.15, 0.2) is 18.3 Å². The van der Waals surface area contributed by atoms with E-state index >= 15 is 0 Å². The number of amides is 1. The third-order valence-electron chi connectivity index (χ3n) is 3.46. The molecule has 1 amide bonds. The van der Waals surface area contributed by atoms with Crippen LogP contribution in [0.1, 0.15) is 43.5 Å². The van der Waals surface area contributed by atoms with Gasteiger partial charge in [0.05, 0.1) is 5.56 Å². The van der Waals surface area contributed by atoms with Crippen molar-refractivity contribution < 1.29 is 19.1 Å². The van der Waals surface area contributed by atoms with Crippen LogP contribution in [-0.2, 0) is 4.79 Å². The minimum absolute atomic E-state index is 0.138. The molecule has 0 aliphatic rings. The molecule has 21 heavy (non-hydrogen) atoms. The molecule has 2 N–H and O–H groups in total. The van der Waals surface area contributed by atoms with Gasteiger partial charge in [0, 0.05) is 19.2 Å². The number of aromatic nitrogens is 1. The molecule has 0 aromatic carbocycles. The van der Waals surface area contributed by atoms with Crippen LogP contribution in [-0.4, -0.2) is 28.5 Å². The molecule has 0 saturated carbocycles. The Morgan fingerprint density at radius 2 is 2.05 bits per heavy atom. The SMILES string of the molecule is CC(C)C(CCNC(=O)c1ccc(F)nc1)CCC(=O)O. The quantitative estimate of drug-likeness (QED) is 0.722. The predicted molar refractivity (Wildman–Crippen MR) is 76.3 cm³/mol. The molecule has 0 aliphatic heterocycles. The number of carbonyl (C=O) groups is 2. The van der Waals surface area contributed by atoms with Gasteiger partial charge in [-0.15, -0.1) is 0 Å². The first-order chi connectivity index (χ1) is 9.90. The molecule has 0 saturated heterocycles. The van der Waals surface area contributed by atoms with E-state index in [1.165, 1.54) is 12.3 Å². The minimum Gasteiger partial charge on any atom is -0.481 e. The van der Waals surface area contributed by atoms with Crippen molar-refractivity contribution in [2.24, 2.45) is 11.8 Å². The van der Waals surface area contributed by atoms with Crippen molar-refractivity contribution in [2.45, 2.75) is 33.1 Å². The Hall–Kier alpha value is -1.98. The van der Waals surface area contributed by atoms with E-state index in [0.717, 1.165) is 6.07 Å². The molecule has 6 heteroatoms. The number of hydrogen-bond acceptors (Lipinski definition) is 3.